The number of rotatable bonds is 23. The zero-order valence-corrected chi connectivity index (χ0v) is 44.4. The van der Waals surface area contributed by atoms with Crippen LogP contribution in [0.25, 0.3) is 0 Å². The number of quaternary nitrogens is 2. The second-order valence-corrected chi connectivity index (χ2v) is 23.0. The van der Waals surface area contributed by atoms with Crippen LogP contribution in [0.4, 0.5) is 0 Å². The third-order valence-corrected chi connectivity index (χ3v) is 17.3. The van der Waals surface area contributed by atoms with Gasteiger partial charge < -0.3 is 140 Å². The van der Waals surface area contributed by atoms with Crippen LogP contribution in [0, 0.1) is 0 Å². The van der Waals surface area contributed by atoms with Gasteiger partial charge in [0.05, 0.1) is 46.2 Å². The van der Waals surface area contributed by atoms with Crippen molar-refractivity contribution in [2.24, 2.45) is 0 Å². The minimum Gasteiger partial charge on any atom is -0.394 e. The zero-order chi connectivity index (χ0) is 58.9. The van der Waals surface area contributed by atoms with Crippen LogP contribution in [0.15, 0.2) is 0 Å². The van der Waals surface area contributed by atoms with Crippen LogP contribution in [0.1, 0.15) is 0 Å². The quantitative estimate of drug-likeness (QED) is 0.0257. The van der Waals surface area contributed by atoms with Gasteiger partial charge in [0.1, 0.15) is 153 Å². The molecule has 0 amide bonds. The van der Waals surface area contributed by atoms with E-state index in [1.165, 1.54) is 0 Å². The highest BCUT2D eigenvalue weighted by atomic mass is 31.2. The lowest BCUT2D eigenvalue weighted by molar-refractivity contribution is -0.510. The maximum Gasteiger partial charge on any atom is 0.475 e. The molecular weight excluding hydrogens is 1140 g/mol. The first kappa shape index (κ1) is 66.5. The predicted octanol–water partition coefficient (Wildman–Crippen LogP) is -14.1. The molecule has 0 aromatic carbocycles. The summed E-state index contributed by atoms with van der Waals surface area (Å²) in [6.07, 6.45) is -57.7. The molecule has 6 heterocycles. The minimum absolute atomic E-state index is 0.0697. The molecule has 0 radical (unpaired) electrons. The minimum atomic E-state index is -4.42. The van der Waals surface area contributed by atoms with E-state index in [1.807, 2.05) is 0 Å². The van der Waals surface area contributed by atoms with E-state index in [9.17, 15) is 95.9 Å². The lowest BCUT2D eigenvalue weighted by atomic mass is 9.84. The number of phosphoric ester groups is 2. The van der Waals surface area contributed by atoms with E-state index in [0.717, 1.165) is 14.2 Å². The molecular formula is C40H75N3O35P2+2. The number of ether oxygens (including phenoxy) is 10. The fourth-order valence-corrected chi connectivity index (χ4v) is 12.0. The van der Waals surface area contributed by atoms with Crippen LogP contribution in [0.5, 0.6) is 0 Å². The standard InChI is InChI=1S/C40H73N3O35P2/c1-63-79(61,66-4-3-43-42)67-9-14-19(50)25(56)34(75-37-28(59)21(52)16(47)10(5-44)68-37)40(72-14)76-33-24(55)17(48)11(6-45)69-39(33)65-8-13-18(49)22(53)29(60)38(71-13)73-30-12(7-46)70-36(15(41)20(30)51)74-31-26(57)23(54)27(58)32-35(31)78-80(62,64-2)77-32/h10-40,43-60H,3-9,41-42H2,1-2H3/p+2. The van der Waals surface area contributed by atoms with Crippen LogP contribution < -0.4 is 17.0 Å². The van der Waals surface area contributed by atoms with Crippen LogP contribution >= 0.6 is 15.6 Å². The molecule has 24 N–H and O–H groups in total. The normalized spacial score (nSPS) is 50.9. The van der Waals surface area contributed by atoms with Crippen LogP contribution in [-0.2, 0) is 83.6 Å². The SMILES string of the molecule is COP(=O)(OCCN[NH3+])OCC1OC(OC2C(OCC3OC(OC4C(CO)OC(OC5C(O)C(O)C(O)C6OP(=O)(OC)OC56)C([NH3+])C4O)C(O)C(O)C3O)OC(CO)C(O)C2O)C(OC2OC(CO)C(O)C(O)C2O)C(O)C1O. The topological polar surface area (TPSA) is 593 Å². The summed E-state index contributed by atoms with van der Waals surface area (Å²) in [5.74, 6) is 3.40. The molecule has 38 nitrogen and oxygen atoms in total. The van der Waals surface area contributed by atoms with Crippen molar-refractivity contribution >= 4 is 15.6 Å². The van der Waals surface area contributed by atoms with Gasteiger partial charge in [-0.15, -0.1) is 0 Å². The third-order valence-electron chi connectivity index (χ3n) is 14.5. The third kappa shape index (κ3) is 14.0. The summed E-state index contributed by atoms with van der Waals surface area (Å²) in [5, 5.41) is 184. The number of phosphoric acid groups is 2. The van der Waals surface area contributed by atoms with Crippen LogP contribution in [-0.4, -0.2) is 337 Å². The molecule has 33 unspecified atom stereocenters. The van der Waals surface area contributed by atoms with Crippen molar-refractivity contribution in [2.45, 2.75) is 190 Å². The second-order valence-electron chi connectivity index (χ2n) is 19.6. The maximum absolute atomic E-state index is 13.2. The monoisotopic (exact) mass is 1220 g/mol. The van der Waals surface area contributed by atoms with Crippen molar-refractivity contribution in [3.05, 3.63) is 0 Å². The van der Waals surface area contributed by atoms with Gasteiger partial charge in [0.15, 0.2) is 31.2 Å². The summed E-state index contributed by atoms with van der Waals surface area (Å²) in [7, 11) is -6.82. The molecule has 0 aromatic rings. The van der Waals surface area contributed by atoms with E-state index < -0.39 is 239 Å². The Labute approximate surface area is 453 Å². The highest BCUT2D eigenvalue weighted by molar-refractivity contribution is 7.48. The van der Waals surface area contributed by atoms with E-state index in [0.29, 0.717) is 0 Å². The molecule has 0 aromatic heterocycles. The van der Waals surface area contributed by atoms with Crippen molar-refractivity contribution in [1.82, 2.24) is 5.43 Å². The first-order chi connectivity index (χ1) is 37.8. The Morgan fingerprint density at radius 2 is 0.912 bits per heavy atom. The Morgan fingerprint density at radius 1 is 0.475 bits per heavy atom. The summed E-state index contributed by atoms with van der Waals surface area (Å²) >= 11 is 0. The first-order valence-electron chi connectivity index (χ1n) is 25.0. The Morgan fingerprint density at radius 3 is 1.49 bits per heavy atom. The number of nitrogens with one attached hydrogen (secondary N) is 1. The summed E-state index contributed by atoms with van der Waals surface area (Å²) in [5.41, 5.74) is 6.31. The average Bonchev–Trinajstić information content (AvgIpc) is 3.98. The molecule has 33 atom stereocenters. The molecule has 6 saturated heterocycles. The Kier molecular flexibility index (Phi) is 23.5. The molecule has 7 fully saturated rings. The number of fused-ring (bicyclic) bond motifs is 1. The van der Waals surface area contributed by atoms with Crippen molar-refractivity contribution < 1.29 is 182 Å². The van der Waals surface area contributed by atoms with E-state index in [4.69, 9.17) is 74.5 Å². The van der Waals surface area contributed by atoms with Crippen molar-refractivity contribution in [1.29, 1.82) is 0 Å². The molecule has 7 rings (SSSR count). The molecule has 0 spiro atoms. The van der Waals surface area contributed by atoms with Crippen molar-refractivity contribution in [3.8, 4) is 0 Å². The van der Waals surface area contributed by atoms with E-state index in [1.54, 1.807) is 0 Å². The van der Waals surface area contributed by atoms with E-state index >= 15 is 0 Å². The average molecular weight is 1220 g/mol. The summed E-state index contributed by atoms with van der Waals surface area (Å²) < 4.78 is 115. The van der Waals surface area contributed by atoms with Crippen molar-refractivity contribution in [3.63, 3.8) is 0 Å². The fraction of sp³-hybridized carbons (Fsp3) is 1.00. The molecule has 40 heteroatoms. The van der Waals surface area contributed by atoms with Gasteiger partial charge in [-0.05, 0) is 0 Å². The highest BCUT2D eigenvalue weighted by Gasteiger charge is 2.63. The summed E-state index contributed by atoms with van der Waals surface area (Å²) in [6, 6.07) is -1.46. The summed E-state index contributed by atoms with van der Waals surface area (Å²) in [6.45, 7) is -4.96. The lowest BCUT2D eigenvalue weighted by Gasteiger charge is -2.49. The molecule has 0 bridgehead atoms. The Hall–Kier alpha value is -0.980. The van der Waals surface area contributed by atoms with Gasteiger partial charge in [-0.2, -0.15) is 5.43 Å². The van der Waals surface area contributed by atoms with Gasteiger partial charge in [-0.1, -0.05) is 0 Å². The molecule has 1 aliphatic carbocycles. The smallest absolute Gasteiger partial charge is 0.394 e. The number of hydrogen-bond acceptors (Lipinski definition) is 36. The van der Waals surface area contributed by atoms with Crippen molar-refractivity contribution in [2.75, 3.05) is 60.4 Å². The van der Waals surface area contributed by atoms with Gasteiger partial charge in [-0.3, -0.25) is 33.0 Å². The number of aliphatic hydroxyl groups is 17. The first-order valence-corrected chi connectivity index (χ1v) is 27.9. The largest absolute Gasteiger partial charge is 0.475 e. The van der Waals surface area contributed by atoms with E-state index in [2.05, 4.69) is 17.0 Å². The molecule has 1 saturated carbocycles. The lowest BCUT2D eigenvalue weighted by Crippen LogP contribution is -2.79. The zero-order valence-electron chi connectivity index (χ0n) is 42.6. The second kappa shape index (κ2) is 28.2. The highest BCUT2D eigenvalue weighted by Crippen LogP contribution is 2.60. The Bertz CT molecular complexity index is 2040. The number of aliphatic hydroxyl groups excluding tert-OH is 17. The van der Waals surface area contributed by atoms with E-state index in [-0.39, 0.29) is 13.2 Å². The van der Waals surface area contributed by atoms with Gasteiger partial charge >= 0.3 is 15.6 Å². The summed E-state index contributed by atoms with van der Waals surface area (Å²) in [4.78, 5) is 0. The Balaban J connectivity index is 1.08. The fourth-order valence-electron chi connectivity index (χ4n) is 9.72. The maximum atomic E-state index is 13.2. The van der Waals surface area contributed by atoms with Crippen LogP contribution in [0.2, 0.25) is 0 Å². The van der Waals surface area contributed by atoms with Gasteiger partial charge in [-0.25, -0.2) is 9.13 Å². The molecule has 80 heavy (non-hydrogen) atoms. The molecule has 6 aliphatic heterocycles. The molecule has 7 aliphatic rings. The van der Waals surface area contributed by atoms with Gasteiger partial charge in [0.25, 0.3) is 0 Å². The predicted molar refractivity (Wildman–Crippen MR) is 243 cm³/mol. The number of hydrogen-bond donors (Lipinski definition) is 20. The van der Waals surface area contributed by atoms with Crippen LogP contribution in [0.3, 0.4) is 0 Å². The van der Waals surface area contributed by atoms with Gasteiger partial charge in [0.2, 0.25) is 6.29 Å². The molecule has 468 valence electrons. The van der Waals surface area contributed by atoms with Gasteiger partial charge in [0, 0.05) is 14.2 Å².